The van der Waals surface area contributed by atoms with Crippen LogP contribution in [-0.4, -0.2) is 56.9 Å². The number of aliphatic hydroxyl groups excluding tert-OH is 1. The fourth-order valence-electron chi connectivity index (χ4n) is 3.20. The van der Waals surface area contributed by atoms with E-state index in [1.807, 2.05) is 0 Å². The second-order valence-corrected chi connectivity index (χ2v) is 6.47. The molecule has 0 spiro atoms. The highest BCUT2D eigenvalue weighted by atomic mass is 16.5. The first-order valence-corrected chi connectivity index (χ1v) is 9.06. The highest BCUT2D eigenvalue weighted by Crippen LogP contribution is 2.38. The molecule has 0 saturated heterocycles. The van der Waals surface area contributed by atoms with Gasteiger partial charge in [-0.2, -0.15) is 0 Å². The van der Waals surface area contributed by atoms with E-state index in [4.69, 9.17) is 14.2 Å². The molecule has 150 valence electrons. The maximum Gasteiger partial charge on any atom is 0.252 e. The van der Waals surface area contributed by atoms with E-state index in [1.165, 1.54) is 39.9 Å². The fourth-order valence-corrected chi connectivity index (χ4v) is 3.20. The highest BCUT2D eigenvalue weighted by Gasteiger charge is 2.25. The van der Waals surface area contributed by atoms with Crippen molar-refractivity contribution < 1.29 is 28.9 Å². The monoisotopic (exact) mass is 380 g/mol. The summed E-state index contributed by atoms with van der Waals surface area (Å²) in [6, 6.07) is 2.05. The van der Waals surface area contributed by atoms with E-state index in [-0.39, 0.29) is 17.5 Å². The Bertz CT molecular complexity index is 633. The molecule has 0 aliphatic heterocycles. The Morgan fingerprint density at radius 2 is 1.67 bits per heavy atom. The van der Waals surface area contributed by atoms with E-state index >= 15 is 0 Å². The predicted octanol–water partition coefficient (Wildman–Crippen LogP) is 1.25. The lowest BCUT2D eigenvalue weighted by atomic mass is 9.95. The third-order valence-corrected chi connectivity index (χ3v) is 4.68. The Labute approximate surface area is 159 Å². The number of nitrogens with one attached hydrogen (secondary N) is 2. The highest BCUT2D eigenvalue weighted by molar-refractivity contribution is 5.98. The Morgan fingerprint density at radius 1 is 1.07 bits per heavy atom. The molecule has 27 heavy (non-hydrogen) atoms. The van der Waals surface area contributed by atoms with Crippen molar-refractivity contribution in [3.05, 3.63) is 17.7 Å². The summed E-state index contributed by atoms with van der Waals surface area (Å²) in [5, 5.41) is 15.0. The number of ether oxygens (including phenoxy) is 3. The van der Waals surface area contributed by atoms with Gasteiger partial charge < -0.3 is 30.0 Å². The van der Waals surface area contributed by atoms with Crippen LogP contribution in [0.3, 0.4) is 0 Å². The van der Waals surface area contributed by atoms with Crippen LogP contribution < -0.4 is 24.8 Å². The first-order valence-electron chi connectivity index (χ1n) is 9.06. The van der Waals surface area contributed by atoms with Crippen LogP contribution >= 0.6 is 0 Å². The molecule has 1 aromatic rings. The van der Waals surface area contributed by atoms with Gasteiger partial charge in [-0.25, -0.2) is 0 Å². The van der Waals surface area contributed by atoms with Gasteiger partial charge in [-0.05, 0) is 25.0 Å². The largest absolute Gasteiger partial charge is 0.493 e. The third-order valence-electron chi connectivity index (χ3n) is 4.68. The van der Waals surface area contributed by atoms with Crippen molar-refractivity contribution in [2.45, 2.75) is 44.2 Å². The average Bonchev–Trinajstić information content (AvgIpc) is 2.71. The minimum absolute atomic E-state index is 0.0957. The number of hydrogen-bond acceptors (Lipinski definition) is 6. The van der Waals surface area contributed by atoms with Crippen molar-refractivity contribution in [1.29, 1.82) is 0 Å². The minimum Gasteiger partial charge on any atom is -0.493 e. The number of amides is 2. The van der Waals surface area contributed by atoms with E-state index < -0.39 is 18.6 Å². The van der Waals surface area contributed by atoms with Gasteiger partial charge in [0.15, 0.2) is 11.5 Å². The average molecular weight is 380 g/mol. The smallest absolute Gasteiger partial charge is 0.252 e. The zero-order chi connectivity index (χ0) is 19.8. The number of benzene rings is 1. The number of hydrogen-bond donors (Lipinski definition) is 3. The van der Waals surface area contributed by atoms with Crippen LogP contribution in [0.4, 0.5) is 0 Å². The van der Waals surface area contributed by atoms with Crippen molar-refractivity contribution in [3.63, 3.8) is 0 Å². The lowest BCUT2D eigenvalue weighted by Gasteiger charge is -2.25. The summed E-state index contributed by atoms with van der Waals surface area (Å²) in [7, 11) is 4.37. The summed E-state index contributed by atoms with van der Waals surface area (Å²) in [6.45, 7) is -0.491. The minimum atomic E-state index is -1.03. The maximum absolute atomic E-state index is 12.6. The molecule has 0 heterocycles. The topological polar surface area (TPSA) is 106 Å². The normalized spacial score (nSPS) is 15.6. The molecule has 0 bridgehead atoms. The second-order valence-electron chi connectivity index (χ2n) is 6.47. The van der Waals surface area contributed by atoms with Gasteiger partial charge in [-0.15, -0.1) is 0 Å². The number of carbonyl (C=O) groups is 2. The van der Waals surface area contributed by atoms with Gasteiger partial charge in [0.25, 0.3) is 5.91 Å². The van der Waals surface area contributed by atoms with E-state index in [2.05, 4.69) is 10.6 Å². The number of rotatable bonds is 8. The van der Waals surface area contributed by atoms with Gasteiger partial charge in [0.2, 0.25) is 11.7 Å². The maximum atomic E-state index is 12.6. The first kappa shape index (κ1) is 20.8. The van der Waals surface area contributed by atoms with Crippen LogP contribution in [0, 0.1) is 0 Å². The Kier molecular flexibility index (Phi) is 7.72. The van der Waals surface area contributed by atoms with Crippen molar-refractivity contribution in [1.82, 2.24) is 10.6 Å². The molecule has 2 rings (SSSR count). The zero-order valence-corrected chi connectivity index (χ0v) is 16.0. The standard InChI is InChI=1S/C19H28N2O6/c1-25-15-9-12(10-16(26-2)17(15)27-3)18(23)21-14(11-22)19(24)20-13-7-5-4-6-8-13/h9-10,13-14,22H,4-8,11H2,1-3H3,(H,20,24)(H,21,23). The molecule has 0 aromatic heterocycles. The summed E-state index contributed by atoms with van der Waals surface area (Å²) >= 11 is 0. The Morgan fingerprint density at radius 3 is 2.15 bits per heavy atom. The zero-order valence-electron chi connectivity index (χ0n) is 16.0. The van der Waals surface area contributed by atoms with Gasteiger partial charge in [0.05, 0.1) is 27.9 Å². The van der Waals surface area contributed by atoms with Crippen LogP contribution in [0.1, 0.15) is 42.5 Å². The molecule has 1 fully saturated rings. The number of carbonyl (C=O) groups excluding carboxylic acids is 2. The van der Waals surface area contributed by atoms with Gasteiger partial charge in [-0.3, -0.25) is 9.59 Å². The van der Waals surface area contributed by atoms with Crippen molar-refractivity contribution >= 4 is 11.8 Å². The third kappa shape index (κ3) is 5.26. The lowest BCUT2D eigenvalue weighted by Crippen LogP contribution is -2.51. The van der Waals surface area contributed by atoms with Crippen LogP contribution in [0.5, 0.6) is 17.2 Å². The van der Waals surface area contributed by atoms with Gasteiger partial charge in [0.1, 0.15) is 6.04 Å². The molecule has 1 aromatic carbocycles. The van der Waals surface area contributed by atoms with Crippen LogP contribution in [0.25, 0.3) is 0 Å². The molecule has 8 heteroatoms. The Hall–Kier alpha value is -2.48. The van der Waals surface area contributed by atoms with Crippen LogP contribution in [0.2, 0.25) is 0 Å². The molecular weight excluding hydrogens is 352 g/mol. The molecule has 1 atom stereocenters. The van der Waals surface area contributed by atoms with E-state index in [0.717, 1.165) is 25.7 Å². The van der Waals surface area contributed by atoms with E-state index in [1.54, 1.807) is 0 Å². The molecule has 2 amide bonds. The van der Waals surface area contributed by atoms with E-state index in [9.17, 15) is 14.7 Å². The number of aliphatic hydroxyl groups is 1. The summed E-state index contributed by atoms with van der Waals surface area (Å²) in [4.78, 5) is 25.0. The van der Waals surface area contributed by atoms with Crippen molar-refractivity contribution in [3.8, 4) is 17.2 Å². The van der Waals surface area contributed by atoms with E-state index in [0.29, 0.717) is 17.2 Å². The van der Waals surface area contributed by atoms with Gasteiger partial charge in [0, 0.05) is 11.6 Å². The molecule has 0 radical (unpaired) electrons. The second kappa shape index (κ2) is 10.0. The van der Waals surface area contributed by atoms with Gasteiger partial charge in [-0.1, -0.05) is 19.3 Å². The van der Waals surface area contributed by atoms with Crippen molar-refractivity contribution in [2.75, 3.05) is 27.9 Å². The predicted molar refractivity (Wildman–Crippen MR) is 99.5 cm³/mol. The van der Waals surface area contributed by atoms with Gasteiger partial charge >= 0.3 is 0 Å². The summed E-state index contributed by atoms with van der Waals surface area (Å²) in [5.74, 6) is 0.117. The number of methoxy groups -OCH3 is 3. The van der Waals surface area contributed by atoms with Crippen LogP contribution in [-0.2, 0) is 4.79 Å². The molecule has 1 unspecified atom stereocenters. The molecule has 8 nitrogen and oxygen atoms in total. The molecule has 1 saturated carbocycles. The molecular formula is C19H28N2O6. The Balaban J connectivity index is 2.10. The van der Waals surface area contributed by atoms with Crippen LogP contribution in [0.15, 0.2) is 12.1 Å². The molecule has 3 N–H and O–H groups in total. The fraction of sp³-hybridized carbons (Fsp3) is 0.579. The summed E-state index contributed by atoms with van der Waals surface area (Å²) in [5.41, 5.74) is 0.230. The van der Waals surface area contributed by atoms with Crippen molar-refractivity contribution in [2.24, 2.45) is 0 Å². The summed E-state index contributed by atoms with van der Waals surface area (Å²) < 4.78 is 15.7. The lowest BCUT2D eigenvalue weighted by molar-refractivity contribution is -0.124. The first-order chi connectivity index (χ1) is 13.0. The summed E-state index contributed by atoms with van der Waals surface area (Å²) in [6.07, 6.45) is 5.17. The SMILES string of the molecule is COc1cc(C(=O)NC(CO)C(=O)NC2CCCCC2)cc(OC)c1OC. The quantitative estimate of drug-likeness (QED) is 0.627. The molecule has 1 aliphatic rings. The molecule has 1 aliphatic carbocycles.